The average molecular weight is 274 g/mol. The van der Waals surface area contributed by atoms with E-state index >= 15 is 0 Å². The van der Waals surface area contributed by atoms with Gasteiger partial charge in [0.05, 0.1) is 24.0 Å². The van der Waals surface area contributed by atoms with Gasteiger partial charge in [0.1, 0.15) is 0 Å². The number of rotatable bonds is 3. The van der Waals surface area contributed by atoms with Gasteiger partial charge in [-0.1, -0.05) is 30.3 Å². The van der Waals surface area contributed by atoms with Gasteiger partial charge in [-0.15, -0.1) is 0 Å². The molecule has 0 saturated carbocycles. The average Bonchev–Trinajstić information content (AvgIpc) is 2.45. The minimum absolute atomic E-state index is 0.0697. The van der Waals surface area contributed by atoms with Gasteiger partial charge in [-0.25, -0.2) is 0 Å². The first kappa shape index (κ1) is 15.0. The fraction of sp³-hybridized carbons (Fsp3) is 0.588. The molecule has 1 fully saturated rings. The van der Waals surface area contributed by atoms with Crippen molar-refractivity contribution in [2.75, 3.05) is 6.54 Å². The molecule has 1 saturated heterocycles. The first-order valence-corrected chi connectivity index (χ1v) is 7.51. The maximum absolute atomic E-state index is 10.6. The second-order valence-electron chi connectivity index (χ2n) is 6.57. The Morgan fingerprint density at radius 1 is 1.25 bits per heavy atom. The first-order chi connectivity index (χ1) is 9.47. The SMILES string of the molecule is CC(C)(C)N=CN1CCCCC1C(O)c1ccccc1. The fourth-order valence-electron chi connectivity index (χ4n) is 2.58. The number of aliphatic hydroxyl groups excluding tert-OH is 1. The lowest BCUT2D eigenvalue weighted by atomic mass is 9.93. The summed E-state index contributed by atoms with van der Waals surface area (Å²) < 4.78 is 0. The van der Waals surface area contributed by atoms with E-state index in [-0.39, 0.29) is 11.6 Å². The lowest BCUT2D eigenvalue weighted by Crippen LogP contribution is -2.42. The Hall–Kier alpha value is -1.35. The highest BCUT2D eigenvalue weighted by Gasteiger charge is 2.28. The van der Waals surface area contributed by atoms with Crippen LogP contribution in [0, 0.1) is 0 Å². The summed E-state index contributed by atoms with van der Waals surface area (Å²) >= 11 is 0. The molecule has 2 rings (SSSR count). The van der Waals surface area contributed by atoms with E-state index in [9.17, 15) is 5.11 Å². The highest BCUT2D eigenvalue weighted by atomic mass is 16.3. The molecule has 20 heavy (non-hydrogen) atoms. The molecule has 0 spiro atoms. The zero-order chi connectivity index (χ0) is 14.6. The second kappa shape index (κ2) is 6.40. The molecule has 2 unspecified atom stereocenters. The van der Waals surface area contributed by atoms with Gasteiger partial charge in [-0.05, 0) is 45.6 Å². The number of aliphatic imine (C=N–C) groups is 1. The third-order valence-corrected chi connectivity index (χ3v) is 3.69. The van der Waals surface area contributed by atoms with E-state index in [4.69, 9.17) is 0 Å². The molecular formula is C17H26N2O. The zero-order valence-electron chi connectivity index (χ0n) is 12.8. The Morgan fingerprint density at radius 3 is 2.60 bits per heavy atom. The van der Waals surface area contributed by atoms with E-state index in [2.05, 4.69) is 30.7 Å². The maximum Gasteiger partial charge on any atom is 0.0993 e. The van der Waals surface area contributed by atoms with Gasteiger partial charge in [0.25, 0.3) is 0 Å². The molecule has 1 aliphatic heterocycles. The fourth-order valence-corrected chi connectivity index (χ4v) is 2.58. The van der Waals surface area contributed by atoms with Crippen molar-refractivity contribution in [2.45, 2.75) is 57.7 Å². The van der Waals surface area contributed by atoms with Crippen LogP contribution in [-0.4, -0.2) is 34.5 Å². The van der Waals surface area contributed by atoms with Gasteiger partial charge >= 0.3 is 0 Å². The van der Waals surface area contributed by atoms with Crippen LogP contribution in [-0.2, 0) is 0 Å². The standard InChI is InChI=1S/C17H26N2O/c1-17(2,3)18-13-19-12-8-7-11-15(19)16(20)14-9-5-4-6-10-14/h4-6,9-10,13,15-16,20H,7-8,11-12H2,1-3H3. The van der Waals surface area contributed by atoms with Crippen LogP contribution in [0.4, 0.5) is 0 Å². The summed E-state index contributed by atoms with van der Waals surface area (Å²) in [5.41, 5.74) is 0.924. The quantitative estimate of drug-likeness (QED) is 0.677. The van der Waals surface area contributed by atoms with Crippen LogP contribution in [0.15, 0.2) is 35.3 Å². The van der Waals surface area contributed by atoms with Crippen LogP contribution >= 0.6 is 0 Å². The van der Waals surface area contributed by atoms with Crippen molar-refractivity contribution in [3.05, 3.63) is 35.9 Å². The lowest BCUT2D eigenvalue weighted by Gasteiger charge is -2.37. The largest absolute Gasteiger partial charge is 0.386 e. The predicted octanol–water partition coefficient (Wildman–Crippen LogP) is 3.40. The third kappa shape index (κ3) is 4.07. The smallest absolute Gasteiger partial charge is 0.0993 e. The van der Waals surface area contributed by atoms with Crippen LogP contribution in [0.5, 0.6) is 0 Å². The summed E-state index contributed by atoms with van der Waals surface area (Å²) in [6.07, 6.45) is 4.87. The van der Waals surface area contributed by atoms with Crippen molar-refractivity contribution in [2.24, 2.45) is 4.99 Å². The van der Waals surface area contributed by atoms with E-state index in [1.807, 2.05) is 36.7 Å². The van der Waals surface area contributed by atoms with Crippen LogP contribution in [0.25, 0.3) is 0 Å². The van der Waals surface area contributed by atoms with Gasteiger partial charge in [0.15, 0.2) is 0 Å². The molecule has 2 atom stereocenters. The van der Waals surface area contributed by atoms with E-state index < -0.39 is 6.10 Å². The van der Waals surface area contributed by atoms with Crippen molar-refractivity contribution in [3.8, 4) is 0 Å². The van der Waals surface area contributed by atoms with Gasteiger partial charge in [0.2, 0.25) is 0 Å². The van der Waals surface area contributed by atoms with Crippen LogP contribution < -0.4 is 0 Å². The Bertz CT molecular complexity index is 436. The molecule has 0 amide bonds. The minimum atomic E-state index is -0.442. The summed E-state index contributed by atoms with van der Waals surface area (Å²) in [7, 11) is 0. The third-order valence-electron chi connectivity index (χ3n) is 3.69. The monoisotopic (exact) mass is 274 g/mol. The van der Waals surface area contributed by atoms with Crippen LogP contribution in [0.1, 0.15) is 51.7 Å². The van der Waals surface area contributed by atoms with Crippen LogP contribution in [0.2, 0.25) is 0 Å². The van der Waals surface area contributed by atoms with E-state index in [1.54, 1.807) is 0 Å². The Labute approximate surface area is 122 Å². The van der Waals surface area contributed by atoms with Gasteiger partial charge in [0, 0.05) is 6.54 Å². The molecule has 0 aliphatic carbocycles. The Morgan fingerprint density at radius 2 is 1.95 bits per heavy atom. The summed E-state index contributed by atoms with van der Waals surface area (Å²) in [6.45, 7) is 7.26. The van der Waals surface area contributed by atoms with Gasteiger partial charge in [-0.2, -0.15) is 0 Å². The molecule has 1 heterocycles. The summed E-state index contributed by atoms with van der Waals surface area (Å²) in [4.78, 5) is 6.81. The normalized spacial score (nSPS) is 22.2. The highest BCUT2D eigenvalue weighted by molar-refractivity contribution is 5.56. The van der Waals surface area contributed by atoms with E-state index in [0.717, 1.165) is 18.5 Å². The number of hydrogen-bond donors (Lipinski definition) is 1. The number of benzene rings is 1. The summed E-state index contributed by atoms with van der Waals surface area (Å²) in [5.74, 6) is 0. The van der Waals surface area contributed by atoms with E-state index in [1.165, 1.54) is 12.8 Å². The molecule has 1 aliphatic rings. The predicted molar refractivity (Wildman–Crippen MR) is 84.0 cm³/mol. The molecule has 110 valence electrons. The topological polar surface area (TPSA) is 35.8 Å². The summed E-state index contributed by atoms with van der Waals surface area (Å²) in [5, 5.41) is 10.6. The number of hydrogen-bond acceptors (Lipinski definition) is 2. The van der Waals surface area contributed by atoms with Crippen molar-refractivity contribution in [3.63, 3.8) is 0 Å². The molecule has 1 N–H and O–H groups in total. The first-order valence-electron chi connectivity index (χ1n) is 7.51. The molecule has 1 aromatic carbocycles. The minimum Gasteiger partial charge on any atom is -0.386 e. The van der Waals surface area contributed by atoms with Gasteiger partial charge < -0.3 is 10.0 Å². The number of likely N-dealkylation sites (tertiary alicyclic amines) is 1. The van der Waals surface area contributed by atoms with Crippen LogP contribution in [0.3, 0.4) is 0 Å². The molecule has 3 nitrogen and oxygen atoms in total. The highest BCUT2D eigenvalue weighted by Crippen LogP contribution is 2.27. The zero-order valence-corrected chi connectivity index (χ0v) is 12.8. The van der Waals surface area contributed by atoms with Crippen molar-refractivity contribution < 1.29 is 5.11 Å². The van der Waals surface area contributed by atoms with Crippen molar-refractivity contribution in [1.82, 2.24) is 4.90 Å². The number of piperidine rings is 1. The van der Waals surface area contributed by atoms with Gasteiger partial charge in [-0.3, -0.25) is 4.99 Å². The Balaban J connectivity index is 2.13. The van der Waals surface area contributed by atoms with Crippen molar-refractivity contribution >= 4 is 6.34 Å². The van der Waals surface area contributed by atoms with Crippen molar-refractivity contribution in [1.29, 1.82) is 0 Å². The molecular weight excluding hydrogens is 248 g/mol. The molecule has 0 bridgehead atoms. The lowest BCUT2D eigenvalue weighted by molar-refractivity contribution is 0.0649. The molecule has 1 aromatic rings. The molecule has 3 heteroatoms. The number of nitrogens with zero attached hydrogens (tertiary/aromatic N) is 2. The maximum atomic E-state index is 10.6. The molecule has 0 aromatic heterocycles. The summed E-state index contributed by atoms with van der Waals surface area (Å²) in [6, 6.07) is 10.1. The Kier molecular flexibility index (Phi) is 4.81. The molecule has 0 radical (unpaired) electrons. The number of aliphatic hydroxyl groups is 1. The second-order valence-corrected chi connectivity index (χ2v) is 6.57. The van der Waals surface area contributed by atoms with E-state index in [0.29, 0.717) is 0 Å².